The Balaban J connectivity index is 3.48. The fourth-order valence-electron chi connectivity index (χ4n) is 1.37. The maximum atomic E-state index is 14.0. The van der Waals surface area contributed by atoms with E-state index in [0.717, 1.165) is 0 Å². The second-order valence-corrected chi connectivity index (χ2v) is 5.76. The zero-order valence-corrected chi connectivity index (χ0v) is 12.0. The number of rotatable bonds is 5. The molecule has 0 aliphatic carbocycles. The monoisotopic (exact) mass is 320 g/mol. The van der Waals surface area contributed by atoms with E-state index in [0.29, 0.717) is 18.6 Å². The number of primary sulfonamides is 1. The minimum atomic E-state index is -4.57. The summed E-state index contributed by atoms with van der Waals surface area (Å²) in [6, 6.07) is 1.05. The minimum Gasteiger partial charge on any atom is -0.459 e. The maximum Gasteiger partial charge on any atom is 0.341 e. The van der Waals surface area contributed by atoms with Crippen LogP contribution in [-0.2, 0) is 14.8 Å². The fraction of sp³-hybridized carbons (Fsp3) is 0.364. The van der Waals surface area contributed by atoms with E-state index in [1.165, 1.54) is 6.92 Å². The molecule has 116 valence electrons. The highest BCUT2D eigenvalue weighted by molar-refractivity contribution is 7.89. The molecule has 0 heterocycles. The van der Waals surface area contributed by atoms with Crippen LogP contribution in [0, 0.1) is 15.9 Å². The number of esters is 1. The molecule has 1 rings (SSSR count). The van der Waals surface area contributed by atoms with Gasteiger partial charge in [-0.1, -0.05) is 6.92 Å². The summed E-state index contributed by atoms with van der Waals surface area (Å²) in [5.74, 6) is -2.67. The summed E-state index contributed by atoms with van der Waals surface area (Å²) in [6.07, 6.45) is -0.126. The van der Waals surface area contributed by atoms with Crippen LogP contribution in [-0.4, -0.2) is 25.4 Å². The number of hydrogen-bond acceptors (Lipinski definition) is 6. The predicted octanol–water partition coefficient (Wildman–Crippen LogP) is 1.34. The first-order chi connectivity index (χ1) is 9.57. The molecule has 0 radical (unpaired) electrons. The van der Waals surface area contributed by atoms with Gasteiger partial charge in [-0.2, -0.15) is 0 Å². The number of nitrogens with zero attached hydrogens (tertiary/aromatic N) is 1. The molecule has 0 bridgehead atoms. The number of non-ortho nitro benzene ring substituents is 1. The fourth-order valence-corrected chi connectivity index (χ4v) is 2.02. The van der Waals surface area contributed by atoms with Crippen molar-refractivity contribution in [1.29, 1.82) is 0 Å². The molecule has 21 heavy (non-hydrogen) atoms. The van der Waals surface area contributed by atoms with E-state index in [2.05, 4.69) is 0 Å². The average molecular weight is 320 g/mol. The first kappa shape index (κ1) is 17.0. The highest BCUT2D eigenvalue weighted by atomic mass is 32.2. The van der Waals surface area contributed by atoms with Crippen molar-refractivity contribution in [2.45, 2.75) is 31.3 Å². The van der Waals surface area contributed by atoms with Crippen LogP contribution in [0.5, 0.6) is 0 Å². The van der Waals surface area contributed by atoms with Gasteiger partial charge in [-0.05, 0) is 13.3 Å². The quantitative estimate of drug-likeness (QED) is 0.495. The molecule has 0 fully saturated rings. The van der Waals surface area contributed by atoms with Crippen molar-refractivity contribution in [3.63, 3.8) is 0 Å². The third-order valence-electron chi connectivity index (χ3n) is 2.64. The van der Waals surface area contributed by atoms with Gasteiger partial charge < -0.3 is 4.74 Å². The predicted molar refractivity (Wildman–Crippen MR) is 69.6 cm³/mol. The lowest BCUT2D eigenvalue weighted by molar-refractivity contribution is -0.385. The number of benzene rings is 1. The highest BCUT2D eigenvalue weighted by Crippen LogP contribution is 2.25. The van der Waals surface area contributed by atoms with Crippen LogP contribution in [0.3, 0.4) is 0 Å². The number of halogens is 1. The Morgan fingerprint density at radius 1 is 1.52 bits per heavy atom. The van der Waals surface area contributed by atoms with Gasteiger partial charge in [0.1, 0.15) is 10.5 Å². The molecule has 0 saturated heterocycles. The van der Waals surface area contributed by atoms with Crippen LogP contribution in [0.4, 0.5) is 10.1 Å². The number of nitrogens with two attached hydrogens (primary N) is 1. The van der Waals surface area contributed by atoms with Crippen molar-refractivity contribution in [2.75, 3.05) is 0 Å². The van der Waals surface area contributed by atoms with E-state index in [-0.39, 0.29) is 0 Å². The number of sulfonamides is 1. The van der Waals surface area contributed by atoms with Gasteiger partial charge in [-0.15, -0.1) is 0 Å². The zero-order chi connectivity index (χ0) is 16.4. The molecule has 10 heteroatoms. The molecule has 0 aliphatic heterocycles. The molecule has 8 nitrogen and oxygen atoms in total. The molecule has 0 aliphatic rings. The lowest BCUT2D eigenvalue weighted by Crippen LogP contribution is -2.19. The van der Waals surface area contributed by atoms with Crippen LogP contribution >= 0.6 is 0 Å². The van der Waals surface area contributed by atoms with E-state index < -0.39 is 49.0 Å². The Morgan fingerprint density at radius 2 is 2.10 bits per heavy atom. The van der Waals surface area contributed by atoms with Gasteiger partial charge in [0.25, 0.3) is 5.69 Å². The van der Waals surface area contributed by atoms with Gasteiger partial charge >= 0.3 is 5.97 Å². The van der Waals surface area contributed by atoms with Crippen molar-refractivity contribution in [3.05, 3.63) is 33.6 Å². The van der Waals surface area contributed by atoms with E-state index >= 15 is 0 Å². The average Bonchev–Trinajstić information content (AvgIpc) is 2.36. The molecular weight excluding hydrogens is 307 g/mol. The van der Waals surface area contributed by atoms with Crippen LogP contribution in [0.2, 0.25) is 0 Å². The highest BCUT2D eigenvalue weighted by Gasteiger charge is 2.27. The second-order valence-electron chi connectivity index (χ2n) is 4.23. The summed E-state index contributed by atoms with van der Waals surface area (Å²) < 4.78 is 41.4. The number of carbonyl (C=O) groups is 1. The smallest absolute Gasteiger partial charge is 0.341 e. The first-order valence-electron chi connectivity index (χ1n) is 5.79. The van der Waals surface area contributed by atoms with Gasteiger partial charge in [0.2, 0.25) is 10.0 Å². The normalized spacial score (nSPS) is 12.8. The zero-order valence-electron chi connectivity index (χ0n) is 11.2. The molecular formula is C11H13FN2O6S. The first-order valence-corrected chi connectivity index (χ1v) is 7.34. The molecule has 0 spiro atoms. The molecule has 0 saturated carbocycles. The van der Waals surface area contributed by atoms with Gasteiger partial charge in [-0.25, -0.2) is 22.7 Å². The maximum absolute atomic E-state index is 14.0. The molecule has 1 atom stereocenters. The number of hydrogen-bond donors (Lipinski definition) is 1. The summed E-state index contributed by atoms with van der Waals surface area (Å²) in [7, 11) is -4.57. The van der Waals surface area contributed by atoms with E-state index in [9.17, 15) is 27.7 Å². The van der Waals surface area contributed by atoms with Crippen molar-refractivity contribution < 1.29 is 27.3 Å². The Morgan fingerprint density at radius 3 is 2.52 bits per heavy atom. The molecule has 1 aromatic carbocycles. The van der Waals surface area contributed by atoms with E-state index in [1.807, 2.05) is 0 Å². The molecule has 0 aromatic heterocycles. The summed E-state index contributed by atoms with van der Waals surface area (Å²) in [5.41, 5.74) is -1.63. The number of nitro benzene ring substituents is 1. The Hall–Kier alpha value is -2.07. The Kier molecular flexibility index (Phi) is 4.97. The van der Waals surface area contributed by atoms with Gasteiger partial charge in [0, 0.05) is 12.1 Å². The summed E-state index contributed by atoms with van der Waals surface area (Å²) >= 11 is 0. The third kappa shape index (κ3) is 3.95. The van der Waals surface area contributed by atoms with Crippen LogP contribution in [0.15, 0.2) is 17.0 Å². The van der Waals surface area contributed by atoms with Gasteiger partial charge in [0.15, 0.2) is 5.82 Å². The third-order valence-corrected chi connectivity index (χ3v) is 3.55. The molecule has 0 amide bonds. The van der Waals surface area contributed by atoms with E-state index in [1.54, 1.807) is 6.92 Å². The lowest BCUT2D eigenvalue weighted by atomic mass is 10.2. The van der Waals surface area contributed by atoms with Gasteiger partial charge in [-0.3, -0.25) is 10.1 Å². The Labute approximate surface area is 119 Å². The standard InChI is InChI=1S/C11H13FN2O6S/c1-3-6(2)20-11(15)8-4-7(14(16)17)5-9(10(8)12)21(13,18)19/h4-6H,3H2,1-2H3,(H2,13,18,19). The topological polar surface area (TPSA) is 130 Å². The van der Waals surface area contributed by atoms with E-state index in [4.69, 9.17) is 9.88 Å². The van der Waals surface area contributed by atoms with Crippen LogP contribution in [0.25, 0.3) is 0 Å². The number of carbonyl (C=O) groups excluding carboxylic acids is 1. The summed E-state index contributed by atoms with van der Waals surface area (Å²) in [6.45, 7) is 3.24. The van der Waals surface area contributed by atoms with Crippen molar-refractivity contribution in [2.24, 2.45) is 5.14 Å². The van der Waals surface area contributed by atoms with Crippen molar-refractivity contribution >= 4 is 21.7 Å². The minimum absolute atomic E-state index is 0.435. The molecule has 2 N–H and O–H groups in total. The molecule has 1 unspecified atom stereocenters. The molecule has 1 aromatic rings. The van der Waals surface area contributed by atoms with Crippen LogP contribution < -0.4 is 5.14 Å². The lowest BCUT2D eigenvalue weighted by Gasteiger charge is -2.12. The number of nitro groups is 1. The SMILES string of the molecule is CCC(C)OC(=O)c1cc([N+](=O)[O-])cc(S(N)(=O)=O)c1F. The summed E-state index contributed by atoms with van der Waals surface area (Å²) in [5, 5.41) is 15.5. The Bertz CT molecular complexity index is 688. The van der Waals surface area contributed by atoms with Crippen LogP contribution in [0.1, 0.15) is 30.6 Å². The van der Waals surface area contributed by atoms with Gasteiger partial charge in [0.05, 0.1) is 11.0 Å². The summed E-state index contributed by atoms with van der Waals surface area (Å²) in [4.78, 5) is 20.4. The van der Waals surface area contributed by atoms with Crippen molar-refractivity contribution in [1.82, 2.24) is 0 Å². The number of ether oxygens (including phenoxy) is 1. The second kappa shape index (κ2) is 6.14. The van der Waals surface area contributed by atoms with Crippen molar-refractivity contribution in [3.8, 4) is 0 Å². The largest absolute Gasteiger partial charge is 0.459 e.